The molecule has 0 bridgehead atoms. The van der Waals surface area contributed by atoms with Gasteiger partial charge in [-0.15, -0.1) is 0 Å². The fraction of sp³-hybridized carbons (Fsp3) is 0.412. The van der Waals surface area contributed by atoms with Crippen molar-refractivity contribution >= 4 is 11.8 Å². The lowest BCUT2D eigenvalue weighted by Gasteiger charge is -2.15. The second-order valence-corrected chi connectivity index (χ2v) is 5.58. The number of nitrogens with one attached hydrogen (secondary N) is 2. The maximum absolute atomic E-state index is 13.0. The van der Waals surface area contributed by atoms with E-state index in [1.165, 1.54) is 0 Å². The van der Waals surface area contributed by atoms with Crippen LogP contribution in [0.15, 0.2) is 36.4 Å². The van der Waals surface area contributed by atoms with Crippen LogP contribution in [0.5, 0.6) is 0 Å². The first-order valence-electron chi connectivity index (χ1n) is 7.89. The van der Waals surface area contributed by atoms with Crippen LogP contribution < -0.4 is 10.6 Å². The minimum absolute atomic E-state index is 0.00866. The van der Waals surface area contributed by atoms with Crippen LogP contribution >= 0.6 is 0 Å². The highest BCUT2D eigenvalue weighted by Gasteiger charge is 2.33. The van der Waals surface area contributed by atoms with E-state index in [4.69, 9.17) is 0 Å². The molecule has 0 fully saturated rings. The first kappa shape index (κ1) is 18.0. The molecule has 0 aliphatic carbocycles. The van der Waals surface area contributed by atoms with Gasteiger partial charge in [-0.1, -0.05) is 37.3 Å². The molecule has 0 amide bonds. The number of benzene rings is 1. The quantitative estimate of drug-likeness (QED) is 0.787. The molecule has 0 unspecified atom stereocenters. The van der Waals surface area contributed by atoms with E-state index < -0.39 is 11.9 Å². The first-order chi connectivity index (χ1) is 11.4. The van der Waals surface area contributed by atoms with E-state index in [0.29, 0.717) is 13.0 Å². The highest BCUT2D eigenvalue weighted by molar-refractivity contribution is 5.43. The van der Waals surface area contributed by atoms with Crippen LogP contribution in [0.3, 0.4) is 0 Å². The van der Waals surface area contributed by atoms with Gasteiger partial charge >= 0.3 is 6.18 Å². The van der Waals surface area contributed by atoms with Crippen LogP contribution in [0, 0.1) is 0 Å². The van der Waals surface area contributed by atoms with Crippen LogP contribution in [-0.2, 0) is 12.6 Å². The standard InChI is InChI=1S/C17H21F3N4/c1-3-12(2)22-16-23-14(17(18,19)20)11-15(24-16)21-10-9-13-7-5-4-6-8-13/h4-8,11-12H,3,9-10H2,1-2H3,(H2,21,22,23,24)/t12-/m0/s1. The van der Waals surface area contributed by atoms with Gasteiger partial charge in [0.2, 0.25) is 5.95 Å². The predicted octanol–water partition coefficient (Wildman–Crippen LogP) is 4.36. The Balaban J connectivity index is 2.10. The lowest BCUT2D eigenvalue weighted by molar-refractivity contribution is -0.141. The van der Waals surface area contributed by atoms with Crippen molar-refractivity contribution in [1.29, 1.82) is 0 Å². The molecule has 0 spiro atoms. The highest BCUT2D eigenvalue weighted by Crippen LogP contribution is 2.29. The molecule has 0 aliphatic rings. The zero-order valence-corrected chi connectivity index (χ0v) is 13.7. The zero-order valence-electron chi connectivity index (χ0n) is 13.7. The van der Waals surface area contributed by atoms with Crippen molar-refractivity contribution in [2.75, 3.05) is 17.2 Å². The van der Waals surface area contributed by atoms with E-state index in [1.54, 1.807) is 0 Å². The summed E-state index contributed by atoms with van der Waals surface area (Å²) < 4.78 is 39.0. The van der Waals surface area contributed by atoms with Gasteiger partial charge in [0.1, 0.15) is 5.82 Å². The summed E-state index contributed by atoms with van der Waals surface area (Å²) in [6.07, 6.45) is -3.05. The summed E-state index contributed by atoms with van der Waals surface area (Å²) in [7, 11) is 0. The molecule has 7 heteroatoms. The molecule has 1 atom stereocenters. The fourth-order valence-electron chi connectivity index (χ4n) is 2.05. The monoisotopic (exact) mass is 338 g/mol. The molecular formula is C17H21F3N4. The van der Waals surface area contributed by atoms with Crippen molar-refractivity contribution in [3.63, 3.8) is 0 Å². The molecule has 2 aromatic rings. The van der Waals surface area contributed by atoms with Gasteiger partial charge in [-0.05, 0) is 25.3 Å². The van der Waals surface area contributed by atoms with Crippen LogP contribution in [0.1, 0.15) is 31.5 Å². The summed E-state index contributed by atoms with van der Waals surface area (Å²) in [5.41, 5.74) is 0.151. The third kappa shape index (κ3) is 5.40. The number of hydrogen-bond donors (Lipinski definition) is 2. The van der Waals surface area contributed by atoms with Crippen LogP contribution in [0.2, 0.25) is 0 Å². The van der Waals surface area contributed by atoms with E-state index in [2.05, 4.69) is 20.6 Å². The van der Waals surface area contributed by atoms with Gasteiger partial charge < -0.3 is 10.6 Å². The Kier molecular flexibility index (Phi) is 6.00. The summed E-state index contributed by atoms with van der Waals surface area (Å²) in [5, 5.41) is 5.84. The minimum Gasteiger partial charge on any atom is -0.370 e. The summed E-state index contributed by atoms with van der Waals surface area (Å²) in [5.74, 6) is 0.153. The Morgan fingerprint density at radius 3 is 2.46 bits per heavy atom. The molecule has 0 aliphatic heterocycles. The maximum Gasteiger partial charge on any atom is 0.433 e. The van der Waals surface area contributed by atoms with Crippen LogP contribution in [-0.4, -0.2) is 22.6 Å². The van der Waals surface area contributed by atoms with Crippen LogP contribution in [0.25, 0.3) is 0 Å². The van der Waals surface area contributed by atoms with Crippen LogP contribution in [0.4, 0.5) is 24.9 Å². The topological polar surface area (TPSA) is 49.8 Å². The van der Waals surface area contributed by atoms with Crippen molar-refractivity contribution in [3.8, 4) is 0 Å². The third-order valence-electron chi connectivity index (χ3n) is 3.57. The average molecular weight is 338 g/mol. The largest absolute Gasteiger partial charge is 0.433 e. The van der Waals surface area contributed by atoms with E-state index in [1.807, 2.05) is 44.2 Å². The lowest BCUT2D eigenvalue weighted by Crippen LogP contribution is -2.19. The normalized spacial score (nSPS) is 12.7. The number of rotatable bonds is 7. The van der Waals surface area contributed by atoms with Gasteiger partial charge in [0.05, 0.1) is 0 Å². The summed E-state index contributed by atoms with van der Waals surface area (Å²) in [4.78, 5) is 7.70. The van der Waals surface area contributed by atoms with E-state index in [0.717, 1.165) is 18.1 Å². The number of aromatic nitrogens is 2. The molecule has 2 N–H and O–H groups in total. The van der Waals surface area contributed by atoms with Crippen molar-refractivity contribution in [3.05, 3.63) is 47.7 Å². The molecule has 130 valence electrons. The van der Waals surface area contributed by atoms with Gasteiger partial charge in [-0.25, -0.2) is 4.98 Å². The van der Waals surface area contributed by atoms with E-state index >= 15 is 0 Å². The van der Waals surface area contributed by atoms with Crippen molar-refractivity contribution in [1.82, 2.24) is 9.97 Å². The number of anilines is 2. The fourth-order valence-corrected chi connectivity index (χ4v) is 2.05. The number of nitrogens with zero attached hydrogens (tertiary/aromatic N) is 2. The summed E-state index contributed by atoms with van der Waals surface area (Å²) >= 11 is 0. The molecule has 2 rings (SSSR count). The second-order valence-electron chi connectivity index (χ2n) is 5.58. The Morgan fingerprint density at radius 2 is 1.83 bits per heavy atom. The zero-order chi connectivity index (χ0) is 17.6. The molecule has 0 saturated heterocycles. The maximum atomic E-state index is 13.0. The molecule has 1 aromatic heterocycles. The molecule has 0 radical (unpaired) electrons. The van der Waals surface area contributed by atoms with Crippen molar-refractivity contribution in [2.45, 2.75) is 38.9 Å². The summed E-state index contributed by atoms with van der Waals surface area (Å²) in [6, 6.07) is 10.6. The average Bonchev–Trinajstić information content (AvgIpc) is 2.55. The highest BCUT2D eigenvalue weighted by atomic mass is 19.4. The van der Waals surface area contributed by atoms with Gasteiger partial charge in [-0.2, -0.15) is 18.2 Å². The first-order valence-corrected chi connectivity index (χ1v) is 7.89. The Labute approximate surface area is 139 Å². The van der Waals surface area contributed by atoms with Gasteiger partial charge in [0, 0.05) is 18.7 Å². The van der Waals surface area contributed by atoms with Crippen molar-refractivity contribution in [2.24, 2.45) is 0 Å². The lowest BCUT2D eigenvalue weighted by atomic mass is 10.1. The second kappa shape index (κ2) is 7.99. The van der Waals surface area contributed by atoms with Gasteiger partial charge in [0.25, 0.3) is 0 Å². The summed E-state index contributed by atoms with van der Waals surface area (Å²) in [6.45, 7) is 4.29. The molecule has 1 heterocycles. The molecule has 0 saturated carbocycles. The molecule has 4 nitrogen and oxygen atoms in total. The minimum atomic E-state index is -4.51. The Bertz CT molecular complexity index is 644. The predicted molar refractivity (Wildman–Crippen MR) is 89.0 cm³/mol. The molecule has 24 heavy (non-hydrogen) atoms. The molecule has 1 aromatic carbocycles. The van der Waals surface area contributed by atoms with E-state index in [9.17, 15) is 13.2 Å². The molecular weight excluding hydrogens is 317 g/mol. The van der Waals surface area contributed by atoms with E-state index in [-0.39, 0.29) is 17.8 Å². The number of alkyl halides is 3. The van der Waals surface area contributed by atoms with Gasteiger partial charge in [0.15, 0.2) is 5.69 Å². The number of hydrogen-bond acceptors (Lipinski definition) is 4. The smallest absolute Gasteiger partial charge is 0.370 e. The third-order valence-corrected chi connectivity index (χ3v) is 3.57. The SMILES string of the molecule is CC[C@H](C)Nc1nc(NCCc2ccccc2)cc(C(F)(F)F)n1. The number of halogens is 3. The Hall–Kier alpha value is -2.31. The Morgan fingerprint density at radius 1 is 1.12 bits per heavy atom. The van der Waals surface area contributed by atoms with Crippen molar-refractivity contribution < 1.29 is 13.2 Å². The van der Waals surface area contributed by atoms with Gasteiger partial charge in [-0.3, -0.25) is 0 Å².